The summed E-state index contributed by atoms with van der Waals surface area (Å²) in [4.78, 5) is 0.195. The molecule has 1 aliphatic rings. The molecule has 2 aromatic carbocycles. The van der Waals surface area contributed by atoms with Crippen LogP contribution < -0.4 is 14.8 Å². The number of unbranched alkanes of at least 4 members (excludes halogenated alkanes) is 1. The Morgan fingerprint density at radius 2 is 1.74 bits per heavy atom. The first-order chi connectivity index (χ1) is 13.0. The van der Waals surface area contributed by atoms with Crippen LogP contribution in [0.2, 0.25) is 0 Å². The number of ether oxygens (including phenoxy) is 1. The van der Waals surface area contributed by atoms with Gasteiger partial charge in [-0.25, -0.2) is 8.42 Å². The highest BCUT2D eigenvalue weighted by molar-refractivity contribution is 7.92. The largest absolute Gasteiger partial charge is 0.495 e. The summed E-state index contributed by atoms with van der Waals surface area (Å²) in [6, 6.07) is 11.2. The van der Waals surface area contributed by atoms with Crippen LogP contribution in [0.15, 0.2) is 41.3 Å². The van der Waals surface area contributed by atoms with E-state index < -0.39 is 10.0 Å². The molecule has 0 saturated heterocycles. The molecular weight excluding hydrogens is 360 g/mol. The Morgan fingerprint density at radius 3 is 2.37 bits per heavy atom. The van der Waals surface area contributed by atoms with Gasteiger partial charge in [-0.1, -0.05) is 25.5 Å². The molecule has 146 valence electrons. The topological polar surface area (TPSA) is 67.4 Å². The molecule has 27 heavy (non-hydrogen) atoms. The molecule has 6 heteroatoms. The van der Waals surface area contributed by atoms with Gasteiger partial charge >= 0.3 is 0 Å². The summed E-state index contributed by atoms with van der Waals surface area (Å²) < 4.78 is 34.1. The maximum atomic E-state index is 13.0. The van der Waals surface area contributed by atoms with Gasteiger partial charge in [-0.05, 0) is 79.7 Å². The zero-order valence-corrected chi connectivity index (χ0v) is 16.9. The molecule has 0 bridgehead atoms. The van der Waals surface area contributed by atoms with E-state index in [1.165, 1.54) is 12.7 Å². The fraction of sp³-hybridized carbons (Fsp3) is 0.429. The lowest BCUT2D eigenvalue weighted by Gasteiger charge is -2.15. The molecule has 1 aliphatic heterocycles. The van der Waals surface area contributed by atoms with Crippen molar-refractivity contribution in [3.8, 4) is 5.75 Å². The molecule has 0 spiro atoms. The third-order valence-electron chi connectivity index (χ3n) is 4.94. The quantitative estimate of drug-likeness (QED) is 0.761. The normalized spacial score (nSPS) is 14.3. The molecule has 0 amide bonds. The van der Waals surface area contributed by atoms with Crippen LogP contribution in [-0.4, -0.2) is 28.6 Å². The summed E-state index contributed by atoms with van der Waals surface area (Å²) in [5, 5.41) is 3.34. The predicted octanol–water partition coefficient (Wildman–Crippen LogP) is 3.53. The molecule has 2 aromatic rings. The van der Waals surface area contributed by atoms with Gasteiger partial charge in [0.2, 0.25) is 0 Å². The SMILES string of the molecule is CCCCc1ccc(NS(=O)(=O)c2cc3c(cc2OC)CCNCC3)cc1. The van der Waals surface area contributed by atoms with Gasteiger partial charge in [0, 0.05) is 5.69 Å². The van der Waals surface area contributed by atoms with Crippen LogP contribution in [0.25, 0.3) is 0 Å². The lowest BCUT2D eigenvalue weighted by Crippen LogP contribution is -2.16. The van der Waals surface area contributed by atoms with Crippen molar-refractivity contribution >= 4 is 15.7 Å². The number of nitrogens with one attached hydrogen (secondary N) is 2. The van der Waals surface area contributed by atoms with Crippen molar-refractivity contribution in [3.05, 3.63) is 53.1 Å². The van der Waals surface area contributed by atoms with Gasteiger partial charge in [0.05, 0.1) is 7.11 Å². The zero-order chi connectivity index (χ0) is 19.3. The number of aryl methyl sites for hydroxylation is 1. The first kappa shape index (κ1) is 19.7. The van der Waals surface area contributed by atoms with Crippen molar-refractivity contribution in [2.24, 2.45) is 0 Å². The van der Waals surface area contributed by atoms with Gasteiger partial charge < -0.3 is 10.1 Å². The molecule has 0 unspecified atom stereocenters. The summed E-state index contributed by atoms with van der Waals surface area (Å²) in [5.74, 6) is 0.391. The van der Waals surface area contributed by atoms with Crippen molar-refractivity contribution in [1.82, 2.24) is 5.32 Å². The average molecular weight is 389 g/mol. The van der Waals surface area contributed by atoms with Gasteiger partial charge in [0.1, 0.15) is 10.6 Å². The maximum absolute atomic E-state index is 13.0. The van der Waals surface area contributed by atoms with Crippen LogP contribution in [0.4, 0.5) is 5.69 Å². The summed E-state index contributed by atoms with van der Waals surface area (Å²) in [6.07, 6.45) is 4.97. The van der Waals surface area contributed by atoms with Crippen molar-refractivity contribution in [2.75, 3.05) is 24.9 Å². The second-order valence-electron chi connectivity index (χ2n) is 6.93. The van der Waals surface area contributed by atoms with Crippen molar-refractivity contribution in [3.63, 3.8) is 0 Å². The minimum absolute atomic E-state index is 0.195. The molecule has 0 fully saturated rings. The minimum atomic E-state index is -3.73. The number of benzene rings is 2. The van der Waals surface area contributed by atoms with Gasteiger partial charge in [-0.15, -0.1) is 0 Å². The van der Waals surface area contributed by atoms with E-state index >= 15 is 0 Å². The molecule has 2 N–H and O–H groups in total. The number of fused-ring (bicyclic) bond motifs is 1. The number of methoxy groups -OCH3 is 1. The van der Waals surface area contributed by atoms with Crippen LogP contribution in [0.1, 0.15) is 36.5 Å². The van der Waals surface area contributed by atoms with Crippen LogP contribution in [0.3, 0.4) is 0 Å². The van der Waals surface area contributed by atoms with E-state index in [0.717, 1.165) is 56.3 Å². The van der Waals surface area contributed by atoms with Gasteiger partial charge in [0.15, 0.2) is 0 Å². The van der Waals surface area contributed by atoms with Gasteiger partial charge in [-0.2, -0.15) is 0 Å². The average Bonchev–Trinajstić information content (AvgIpc) is 2.91. The van der Waals surface area contributed by atoms with E-state index in [1.807, 2.05) is 30.3 Å². The Labute approximate surface area is 162 Å². The molecule has 0 atom stereocenters. The lowest BCUT2D eigenvalue weighted by molar-refractivity contribution is 0.402. The zero-order valence-electron chi connectivity index (χ0n) is 16.0. The number of anilines is 1. The van der Waals surface area contributed by atoms with E-state index in [9.17, 15) is 8.42 Å². The smallest absolute Gasteiger partial charge is 0.265 e. The highest BCUT2D eigenvalue weighted by Gasteiger charge is 2.23. The fourth-order valence-corrected chi connectivity index (χ4v) is 4.64. The molecule has 1 heterocycles. The van der Waals surface area contributed by atoms with Crippen LogP contribution in [0.5, 0.6) is 5.75 Å². The Bertz CT molecular complexity index is 877. The number of sulfonamides is 1. The van der Waals surface area contributed by atoms with Crippen molar-refractivity contribution in [1.29, 1.82) is 0 Å². The van der Waals surface area contributed by atoms with Crippen LogP contribution in [-0.2, 0) is 29.3 Å². The number of hydrogen-bond donors (Lipinski definition) is 2. The van der Waals surface area contributed by atoms with Crippen LogP contribution in [0, 0.1) is 0 Å². The third kappa shape index (κ3) is 4.82. The van der Waals surface area contributed by atoms with Gasteiger partial charge in [-0.3, -0.25) is 4.72 Å². The minimum Gasteiger partial charge on any atom is -0.495 e. The lowest BCUT2D eigenvalue weighted by atomic mass is 10.0. The van der Waals surface area contributed by atoms with E-state index in [-0.39, 0.29) is 4.90 Å². The van der Waals surface area contributed by atoms with E-state index in [2.05, 4.69) is 17.0 Å². The Kier molecular flexibility index (Phi) is 6.39. The Morgan fingerprint density at radius 1 is 1.07 bits per heavy atom. The van der Waals surface area contributed by atoms with E-state index in [1.54, 1.807) is 6.07 Å². The molecule has 0 saturated carbocycles. The molecule has 0 aliphatic carbocycles. The van der Waals surface area contributed by atoms with Crippen molar-refractivity contribution in [2.45, 2.75) is 43.9 Å². The molecule has 0 radical (unpaired) electrons. The maximum Gasteiger partial charge on any atom is 0.265 e. The summed E-state index contributed by atoms with van der Waals surface area (Å²) in [6.45, 7) is 3.91. The molecule has 0 aromatic heterocycles. The standard InChI is InChI=1S/C21H28N2O3S/c1-3-4-5-16-6-8-19(9-7-16)23-27(24,25)21-15-18-11-13-22-12-10-17(18)14-20(21)26-2/h6-9,14-15,22-23H,3-5,10-13H2,1-2H3. The third-order valence-corrected chi connectivity index (χ3v) is 6.35. The van der Waals surface area contributed by atoms with E-state index in [0.29, 0.717) is 11.4 Å². The molecule has 3 rings (SSSR count). The van der Waals surface area contributed by atoms with Gasteiger partial charge in [0.25, 0.3) is 10.0 Å². The number of rotatable bonds is 7. The summed E-state index contributed by atoms with van der Waals surface area (Å²) in [5.41, 5.74) is 4.00. The first-order valence-corrected chi connectivity index (χ1v) is 11.0. The second-order valence-corrected chi connectivity index (χ2v) is 8.58. The second kappa shape index (κ2) is 8.76. The monoisotopic (exact) mass is 388 g/mol. The highest BCUT2D eigenvalue weighted by Crippen LogP contribution is 2.30. The Balaban J connectivity index is 1.86. The summed E-state index contributed by atoms with van der Waals surface area (Å²) in [7, 11) is -2.21. The van der Waals surface area contributed by atoms with Crippen LogP contribution >= 0.6 is 0 Å². The predicted molar refractivity (Wildman–Crippen MR) is 109 cm³/mol. The molecular formula is C21H28N2O3S. The fourth-order valence-electron chi connectivity index (χ4n) is 3.38. The highest BCUT2D eigenvalue weighted by atomic mass is 32.2. The first-order valence-electron chi connectivity index (χ1n) is 9.55. The molecule has 5 nitrogen and oxygen atoms in total. The van der Waals surface area contributed by atoms with E-state index in [4.69, 9.17) is 4.74 Å². The Hall–Kier alpha value is -2.05. The van der Waals surface area contributed by atoms with Crippen molar-refractivity contribution < 1.29 is 13.2 Å². The number of hydrogen-bond acceptors (Lipinski definition) is 4. The summed E-state index contributed by atoms with van der Waals surface area (Å²) >= 11 is 0.